The molecule has 0 aliphatic carbocycles. The third kappa shape index (κ3) is 3.71. The molecule has 1 aromatic rings. The number of piperazine rings is 1. The minimum Gasteiger partial charge on any atom is -0.497 e. The molecule has 1 heterocycles. The van der Waals surface area contributed by atoms with Crippen molar-refractivity contribution >= 4 is 0 Å². The first-order valence-corrected chi connectivity index (χ1v) is 7.17. The highest BCUT2D eigenvalue weighted by atomic mass is 16.5. The molecule has 1 aliphatic rings. The summed E-state index contributed by atoms with van der Waals surface area (Å²) in [5.41, 5.74) is 3.05. The van der Waals surface area contributed by atoms with Crippen LogP contribution in [0.25, 0.3) is 0 Å². The van der Waals surface area contributed by atoms with Crippen molar-refractivity contribution < 1.29 is 4.74 Å². The van der Waals surface area contributed by atoms with E-state index in [1.165, 1.54) is 11.1 Å². The maximum atomic E-state index is 5.31. The second-order valence-electron chi connectivity index (χ2n) is 6.01. The molecule has 0 radical (unpaired) electrons. The van der Waals surface area contributed by atoms with E-state index < -0.39 is 0 Å². The van der Waals surface area contributed by atoms with Crippen molar-refractivity contribution in [1.82, 2.24) is 10.2 Å². The number of ether oxygens (including phenoxy) is 1. The predicted octanol–water partition coefficient (Wildman–Crippen LogP) is 2.44. The van der Waals surface area contributed by atoms with Crippen molar-refractivity contribution in [2.75, 3.05) is 26.7 Å². The molecule has 0 unspecified atom stereocenters. The molecule has 1 aromatic carbocycles. The summed E-state index contributed by atoms with van der Waals surface area (Å²) in [6, 6.07) is 6.46. The van der Waals surface area contributed by atoms with E-state index in [9.17, 15) is 0 Å². The molecule has 0 atom stereocenters. The highest BCUT2D eigenvalue weighted by Gasteiger charge is 2.25. The van der Waals surface area contributed by atoms with Crippen molar-refractivity contribution in [3.05, 3.63) is 29.3 Å². The quantitative estimate of drug-likeness (QED) is 0.902. The van der Waals surface area contributed by atoms with Gasteiger partial charge >= 0.3 is 0 Å². The molecule has 1 N–H and O–H groups in total. The van der Waals surface area contributed by atoms with Gasteiger partial charge in [0.2, 0.25) is 0 Å². The molecule has 1 fully saturated rings. The van der Waals surface area contributed by atoms with Crippen molar-refractivity contribution in [2.24, 2.45) is 0 Å². The zero-order chi connectivity index (χ0) is 13.9. The topological polar surface area (TPSA) is 24.5 Å². The van der Waals surface area contributed by atoms with Crippen LogP contribution in [0.3, 0.4) is 0 Å². The first kappa shape index (κ1) is 14.4. The number of benzene rings is 1. The van der Waals surface area contributed by atoms with Gasteiger partial charge in [0.15, 0.2) is 0 Å². The highest BCUT2D eigenvalue weighted by Crippen LogP contribution is 2.21. The SMILES string of the molecule is CCc1cc(OC)ccc1CN1CCNC(C)(C)C1. The molecule has 106 valence electrons. The van der Waals surface area contributed by atoms with E-state index in [4.69, 9.17) is 4.74 Å². The van der Waals surface area contributed by atoms with Crippen LogP contribution in [0.5, 0.6) is 5.75 Å². The molecule has 1 saturated heterocycles. The lowest BCUT2D eigenvalue weighted by molar-refractivity contribution is 0.148. The van der Waals surface area contributed by atoms with E-state index in [1.807, 2.05) is 0 Å². The number of methoxy groups -OCH3 is 1. The lowest BCUT2D eigenvalue weighted by Crippen LogP contribution is -2.56. The highest BCUT2D eigenvalue weighted by molar-refractivity contribution is 5.35. The smallest absolute Gasteiger partial charge is 0.119 e. The summed E-state index contributed by atoms with van der Waals surface area (Å²) in [6.07, 6.45) is 1.06. The molecule has 0 aromatic heterocycles. The van der Waals surface area contributed by atoms with Gasteiger partial charge in [0, 0.05) is 31.7 Å². The fraction of sp³-hybridized carbons (Fsp3) is 0.625. The number of hydrogen-bond acceptors (Lipinski definition) is 3. The van der Waals surface area contributed by atoms with E-state index >= 15 is 0 Å². The van der Waals surface area contributed by atoms with E-state index in [2.05, 4.69) is 49.2 Å². The zero-order valence-corrected chi connectivity index (χ0v) is 12.6. The van der Waals surface area contributed by atoms with Crippen LogP contribution in [-0.4, -0.2) is 37.2 Å². The minimum absolute atomic E-state index is 0.219. The molecule has 3 heteroatoms. The number of rotatable bonds is 4. The van der Waals surface area contributed by atoms with E-state index in [1.54, 1.807) is 7.11 Å². The van der Waals surface area contributed by atoms with Gasteiger partial charge in [-0.1, -0.05) is 13.0 Å². The van der Waals surface area contributed by atoms with Crippen LogP contribution >= 0.6 is 0 Å². The fourth-order valence-corrected chi connectivity index (χ4v) is 2.83. The average molecular weight is 262 g/mol. The molecule has 3 nitrogen and oxygen atoms in total. The van der Waals surface area contributed by atoms with E-state index in [0.29, 0.717) is 0 Å². The molecule has 2 rings (SSSR count). The van der Waals surface area contributed by atoms with Crippen LogP contribution in [-0.2, 0) is 13.0 Å². The molecule has 0 saturated carbocycles. The van der Waals surface area contributed by atoms with Gasteiger partial charge in [0.1, 0.15) is 5.75 Å². The minimum atomic E-state index is 0.219. The summed E-state index contributed by atoms with van der Waals surface area (Å²) in [5, 5.41) is 3.56. The summed E-state index contributed by atoms with van der Waals surface area (Å²) < 4.78 is 5.31. The van der Waals surface area contributed by atoms with Gasteiger partial charge in [-0.2, -0.15) is 0 Å². The van der Waals surface area contributed by atoms with Crippen LogP contribution in [0, 0.1) is 0 Å². The lowest BCUT2D eigenvalue weighted by atomic mass is 10.00. The summed E-state index contributed by atoms with van der Waals surface area (Å²) in [5.74, 6) is 0.959. The number of nitrogens with one attached hydrogen (secondary N) is 1. The molecular weight excluding hydrogens is 236 g/mol. The maximum Gasteiger partial charge on any atom is 0.119 e. The number of nitrogens with zero attached hydrogens (tertiary/aromatic N) is 1. The van der Waals surface area contributed by atoms with Gasteiger partial charge in [-0.15, -0.1) is 0 Å². The van der Waals surface area contributed by atoms with Crippen molar-refractivity contribution in [1.29, 1.82) is 0 Å². The largest absolute Gasteiger partial charge is 0.497 e. The molecule has 0 spiro atoms. The Balaban J connectivity index is 2.10. The Morgan fingerprint density at radius 1 is 1.32 bits per heavy atom. The Bertz CT molecular complexity index is 429. The van der Waals surface area contributed by atoms with Crippen molar-refractivity contribution in [3.8, 4) is 5.75 Å². The van der Waals surface area contributed by atoms with Crippen LogP contribution in [0.2, 0.25) is 0 Å². The summed E-state index contributed by atoms with van der Waals surface area (Å²) in [6.45, 7) is 11.1. The van der Waals surface area contributed by atoms with Crippen molar-refractivity contribution in [2.45, 2.75) is 39.3 Å². The van der Waals surface area contributed by atoms with Gasteiger partial charge < -0.3 is 10.1 Å². The van der Waals surface area contributed by atoms with Crippen LogP contribution in [0.4, 0.5) is 0 Å². The molecule has 0 bridgehead atoms. The Labute approximate surface area is 116 Å². The first-order valence-electron chi connectivity index (χ1n) is 7.17. The third-order valence-corrected chi connectivity index (χ3v) is 3.84. The van der Waals surface area contributed by atoms with Crippen LogP contribution < -0.4 is 10.1 Å². The Morgan fingerprint density at radius 2 is 2.11 bits per heavy atom. The molecule has 1 aliphatic heterocycles. The summed E-state index contributed by atoms with van der Waals surface area (Å²) >= 11 is 0. The van der Waals surface area contributed by atoms with Crippen LogP contribution in [0.15, 0.2) is 18.2 Å². The number of hydrogen-bond donors (Lipinski definition) is 1. The van der Waals surface area contributed by atoms with Crippen molar-refractivity contribution in [3.63, 3.8) is 0 Å². The maximum absolute atomic E-state index is 5.31. The van der Waals surface area contributed by atoms with Gasteiger partial charge in [-0.25, -0.2) is 0 Å². The van der Waals surface area contributed by atoms with Gasteiger partial charge in [-0.05, 0) is 43.5 Å². The van der Waals surface area contributed by atoms with E-state index in [0.717, 1.165) is 38.3 Å². The normalized spacial score (nSPS) is 19.4. The van der Waals surface area contributed by atoms with Gasteiger partial charge in [-0.3, -0.25) is 4.90 Å². The lowest BCUT2D eigenvalue weighted by Gasteiger charge is -2.39. The van der Waals surface area contributed by atoms with Gasteiger partial charge in [0.05, 0.1) is 7.11 Å². The second kappa shape index (κ2) is 5.93. The summed E-state index contributed by atoms with van der Waals surface area (Å²) in [7, 11) is 1.73. The fourth-order valence-electron chi connectivity index (χ4n) is 2.83. The third-order valence-electron chi connectivity index (χ3n) is 3.84. The summed E-state index contributed by atoms with van der Waals surface area (Å²) in [4.78, 5) is 2.54. The standard InChI is InChI=1S/C16H26N2O/c1-5-13-10-15(19-4)7-6-14(13)11-18-9-8-17-16(2,3)12-18/h6-7,10,17H,5,8-9,11-12H2,1-4H3. The first-order chi connectivity index (χ1) is 9.04. The Kier molecular flexibility index (Phi) is 4.48. The van der Waals surface area contributed by atoms with Gasteiger partial charge in [0.25, 0.3) is 0 Å². The van der Waals surface area contributed by atoms with E-state index in [-0.39, 0.29) is 5.54 Å². The molecule has 0 amide bonds. The second-order valence-corrected chi connectivity index (χ2v) is 6.01. The predicted molar refractivity (Wildman–Crippen MR) is 79.7 cm³/mol. The van der Waals surface area contributed by atoms with Crippen LogP contribution in [0.1, 0.15) is 31.9 Å². The molecule has 19 heavy (non-hydrogen) atoms. The Morgan fingerprint density at radius 3 is 2.74 bits per heavy atom. The average Bonchev–Trinajstić information content (AvgIpc) is 2.38. The monoisotopic (exact) mass is 262 g/mol. The molecular formula is C16H26N2O. The number of aryl methyl sites for hydroxylation is 1. The zero-order valence-electron chi connectivity index (χ0n) is 12.6. The Hall–Kier alpha value is -1.06.